The number of hydrogen-bond donors (Lipinski definition) is 1. The Morgan fingerprint density at radius 3 is 2.16 bits per heavy atom. The van der Waals surface area contributed by atoms with Gasteiger partial charge in [0.2, 0.25) is 0 Å². The molecule has 2 aromatic rings. The van der Waals surface area contributed by atoms with Crippen LogP contribution in [-0.4, -0.2) is 18.3 Å². The van der Waals surface area contributed by atoms with Crippen LogP contribution in [0.2, 0.25) is 0 Å². The molecule has 19 heavy (non-hydrogen) atoms. The van der Waals surface area contributed by atoms with Crippen LogP contribution in [0.15, 0.2) is 48.5 Å². The SMILES string of the molecule is COc1ccc([C@@H]2C=c3ccccc3=C[C@@H]2O)cc1. The number of aliphatic hydroxyl groups excluding tert-OH is 1. The van der Waals surface area contributed by atoms with Crippen molar-refractivity contribution in [3.63, 3.8) is 0 Å². The second kappa shape index (κ2) is 4.90. The Hall–Kier alpha value is -2.06. The predicted octanol–water partition coefficient (Wildman–Crippen LogP) is 1.41. The lowest BCUT2D eigenvalue weighted by atomic mass is 9.88. The number of fused-ring (bicyclic) bond motifs is 1. The predicted molar refractivity (Wildman–Crippen MR) is 76.4 cm³/mol. The Bertz CT molecular complexity index is 686. The molecule has 0 amide bonds. The fourth-order valence-electron chi connectivity index (χ4n) is 2.51. The minimum Gasteiger partial charge on any atom is -0.497 e. The lowest BCUT2D eigenvalue weighted by Gasteiger charge is -2.20. The molecule has 96 valence electrons. The molecule has 0 bridgehead atoms. The third-order valence-corrected chi connectivity index (χ3v) is 3.57. The molecule has 2 heteroatoms. The highest BCUT2D eigenvalue weighted by atomic mass is 16.5. The molecule has 0 unspecified atom stereocenters. The van der Waals surface area contributed by atoms with Crippen LogP contribution in [0.25, 0.3) is 12.2 Å². The maximum Gasteiger partial charge on any atom is 0.118 e. The van der Waals surface area contributed by atoms with Gasteiger partial charge in [-0.15, -0.1) is 0 Å². The fourth-order valence-corrected chi connectivity index (χ4v) is 2.51. The lowest BCUT2D eigenvalue weighted by Crippen LogP contribution is -2.34. The molecular weight excluding hydrogens is 236 g/mol. The Morgan fingerprint density at radius 2 is 1.53 bits per heavy atom. The number of benzene rings is 2. The molecule has 0 aromatic heterocycles. The van der Waals surface area contributed by atoms with E-state index in [4.69, 9.17) is 4.74 Å². The summed E-state index contributed by atoms with van der Waals surface area (Å²) in [7, 11) is 1.65. The van der Waals surface area contributed by atoms with E-state index in [1.807, 2.05) is 48.5 Å². The van der Waals surface area contributed by atoms with Gasteiger partial charge in [-0.1, -0.05) is 42.5 Å². The monoisotopic (exact) mass is 252 g/mol. The zero-order valence-electron chi connectivity index (χ0n) is 10.8. The van der Waals surface area contributed by atoms with E-state index >= 15 is 0 Å². The van der Waals surface area contributed by atoms with Crippen LogP contribution in [0.5, 0.6) is 5.75 Å². The first kappa shape index (κ1) is 12.0. The van der Waals surface area contributed by atoms with E-state index < -0.39 is 6.10 Å². The number of hydrogen-bond acceptors (Lipinski definition) is 2. The third-order valence-electron chi connectivity index (χ3n) is 3.57. The van der Waals surface area contributed by atoms with Gasteiger partial charge in [0.05, 0.1) is 13.2 Å². The summed E-state index contributed by atoms with van der Waals surface area (Å²) >= 11 is 0. The Labute approximate surface area is 112 Å². The molecule has 0 aliphatic heterocycles. The minimum absolute atomic E-state index is 0.000746. The van der Waals surface area contributed by atoms with Crippen molar-refractivity contribution in [3.8, 4) is 5.75 Å². The fraction of sp³-hybridized carbons (Fsp3) is 0.176. The Morgan fingerprint density at radius 1 is 0.895 bits per heavy atom. The number of ether oxygens (including phenoxy) is 1. The first-order valence-electron chi connectivity index (χ1n) is 6.39. The summed E-state index contributed by atoms with van der Waals surface area (Å²) in [6.45, 7) is 0. The largest absolute Gasteiger partial charge is 0.497 e. The summed E-state index contributed by atoms with van der Waals surface area (Å²) in [6, 6.07) is 16.0. The highest BCUT2D eigenvalue weighted by Gasteiger charge is 2.19. The second-order valence-corrected chi connectivity index (χ2v) is 4.75. The first-order chi connectivity index (χ1) is 9.28. The average Bonchev–Trinajstić information content (AvgIpc) is 2.47. The summed E-state index contributed by atoms with van der Waals surface area (Å²) in [5.74, 6) is 0.833. The second-order valence-electron chi connectivity index (χ2n) is 4.75. The van der Waals surface area contributed by atoms with Crippen molar-refractivity contribution in [3.05, 3.63) is 64.5 Å². The van der Waals surface area contributed by atoms with Crippen molar-refractivity contribution in [2.45, 2.75) is 12.0 Å². The minimum atomic E-state index is -0.483. The van der Waals surface area contributed by atoms with E-state index in [0.717, 1.165) is 16.5 Å². The number of rotatable bonds is 2. The van der Waals surface area contributed by atoms with E-state index in [0.29, 0.717) is 0 Å². The lowest BCUT2D eigenvalue weighted by molar-refractivity contribution is 0.226. The van der Waals surface area contributed by atoms with Crippen molar-refractivity contribution in [1.29, 1.82) is 0 Å². The summed E-state index contributed by atoms with van der Waals surface area (Å²) in [6.07, 6.45) is 3.56. The average molecular weight is 252 g/mol. The molecule has 0 saturated carbocycles. The molecular formula is C17H16O2. The van der Waals surface area contributed by atoms with Gasteiger partial charge >= 0.3 is 0 Å². The van der Waals surface area contributed by atoms with Crippen molar-refractivity contribution in [2.24, 2.45) is 0 Å². The number of aliphatic hydroxyl groups is 1. The van der Waals surface area contributed by atoms with E-state index in [1.54, 1.807) is 7.11 Å². The summed E-state index contributed by atoms with van der Waals surface area (Å²) < 4.78 is 5.16. The topological polar surface area (TPSA) is 29.5 Å². The normalized spacial score (nSPS) is 20.9. The molecule has 0 saturated heterocycles. The molecule has 0 heterocycles. The molecule has 1 aliphatic rings. The van der Waals surface area contributed by atoms with Gasteiger partial charge < -0.3 is 9.84 Å². The zero-order valence-corrected chi connectivity index (χ0v) is 10.8. The molecule has 2 nitrogen and oxygen atoms in total. The van der Waals surface area contributed by atoms with Crippen LogP contribution >= 0.6 is 0 Å². The summed E-state index contributed by atoms with van der Waals surface area (Å²) in [5, 5.41) is 12.5. The molecule has 0 radical (unpaired) electrons. The van der Waals surface area contributed by atoms with E-state index in [2.05, 4.69) is 12.1 Å². The molecule has 3 rings (SSSR count). The van der Waals surface area contributed by atoms with Crippen LogP contribution in [0, 0.1) is 0 Å². The van der Waals surface area contributed by atoms with Crippen molar-refractivity contribution in [2.75, 3.05) is 7.11 Å². The van der Waals surface area contributed by atoms with Crippen LogP contribution in [0.4, 0.5) is 0 Å². The van der Waals surface area contributed by atoms with Gasteiger partial charge in [0.1, 0.15) is 5.75 Å². The third kappa shape index (κ3) is 2.27. The molecule has 2 aromatic carbocycles. The molecule has 1 aliphatic carbocycles. The van der Waals surface area contributed by atoms with Gasteiger partial charge in [0, 0.05) is 5.92 Å². The number of methoxy groups -OCH3 is 1. The Balaban J connectivity index is 2.04. The van der Waals surface area contributed by atoms with Gasteiger partial charge in [0.15, 0.2) is 0 Å². The summed E-state index contributed by atoms with van der Waals surface area (Å²) in [4.78, 5) is 0. The molecule has 0 spiro atoms. The summed E-state index contributed by atoms with van der Waals surface area (Å²) in [5.41, 5.74) is 1.10. The first-order valence-corrected chi connectivity index (χ1v) is 6.39. The van der Waals surface area contributed by atoms with Gasteiger partial charge in [0.25, 0.3) is 0 Å². The highest BCUT2D eigenvalue weighted by Crippen LogP contribution is 2.25. The molecule has 0 fully saturated rings. The van der Waals surface area contributed by atoms with Crippen LogP contribution in [0.1, 0.15) is 11.5 Å². The zero-order chi connectivity index (χ0) is 13.2. The van der Waals surface area contributed by atoms with Crippen molar-refractivity contribution < 1.29 is 9.84 Å². The van der Waals surface area contributed by atoms with Crippen LogP contribution < -0.4 is 15.2 Å². The molecule has 2 atom stereocenters. The van der Waals surface area contributed by atoms with Crippen molar-refractivity contribution >= 4 is 12.2 Å². The van der Waals surface area contributed by atoms with Gasteiger partial charge in [-0.25, -0.2) is 0 Å². The van der Waals surface area contributed by atoms with E-state index in [9.17, 15) is 5.11 Å². The van der Waals surface area contributed by atoms with Crippen LogP contribution in [-0.2, 0) is 0 Å². The maximum atomic E-state index is 10.3. The smallest absolute Gasteiger partial charge is 0.118 e. The maximum absolute atomic E-state index is 10.3. The van der Waals surface area contributed by atoms with Gasteiger partial charge in [-0.05, 0) is 34.2 Å². The molecule has 1 N–H and O–H groups in total. The highest BCUT2D eigenvalue weighted by molar-refractivity contribution is 5.52. The van der Waals surface area contributed by atoms with Crippen LogP contribution in [0.3, 0.4) is 0 Å². The Kier molecular flexibility index (Phi) is 3.10. The van der Waals surface area contributed by atoms with Gasteiger partial charge in [-0.2, -0.15) is 0 Å². The van der Waals surface area contributed by atoms with E-state index in [1.165, 1.54) is 5.22 Å². The van der Waals surface area contributed by atoms with Gasteiger partial charge in [-0.3, -0.25) is 0 Å². The standard InChI is InChI=1S/C17H16O2/c1-19-15-8-6-12(7-9-15)16-10-13-4-2-3-5-14(13)11-17(16)18/h2-11,16-18H,1H3/t16-,17-/m0/s1. The van der Waals surface area contributed by atoms with E-state index in [-0.39, 0.29) is 5.92 Å². The quantitative estimate of drug-likeness (QED) is 0.876. The van der Waals surface area contributed by atoms with Crippen molar-refractivity contribution in [1.82, 2.24) is 0 Å².